The molecule has 2 heteroatoms. The zero-order chi connectivity index (χ0) is 16.6. The van der Waals surface area contributed by atoms with Crippen molar-refractivity contribution in [1.82, 2.24) is 0 Å². The number of hydrogen-bond acceptors (Lipinski definition) is 0. The van der Waals surface area contributed by atoms with Crippen LogP contribution >= 0.6 is 24.8 Å². The molecule has 0 bridgehead atoms. The molecule has 0 spiro atoms. The summed E-state index contributed by atoms with van der Waals surface area (Å²) in [4.78, 5) is 0. The van der Waals surface area contributed by atoms with E-state index >= 15 is 0 Å². The average molecular weight is 387 g/mol. The van der Waals surface area contributed by atoms with Crippen molar-refractivity contribution in [2.24, 2.45) is 5.41 Å². The number of hydrogen-bond donors (Lipinski definition) is 0. The van der Waals surface area contributed by atoms with Crippen LogP contribution in [0.4, 0.5) is 0 Å². The Morgan fingerprint density at radius 1 is 0.923 bits per heavy atom. The molecule has 26 heavy (non-hydrogen) atoms. The van der Waals surface area contributed by atoms with Crippen molar-refractivity contribution in [3.63, 3.8) is 0 Å². The van der Waals surface area contributed by atoms with E-state index in [1.807, 2.05) is 0 Å². The lowest BCUT2D eigenvalue weighted by Crippen LogP contribution is -2.27. The minimum atomic E-state index is 0. The van der Waals surface area contributed by atoms with E-state index in [-0.39, 0.29) is 30.2 Å². The Balaban J connectivity index is 0.00000121. The summed E-state index contributed by atoms with van der Waals surface area (Å²) in [7, 11) is 0. The first-order valence-electron chi connectivity index (χ1n) is 9.30. The summed E-state index contributed by atoms with van der Waals surface area (Å²) in [6, 6.07) is 18.1. The Morgan fingerprint density at radius 3 is 2.00 bits per heavy atom. The summed E-state index contributed by atoms with van der Waals surface area (Å²) in [5.74, 6) is 0.475. The van der Waals surface area contributed by atoms with Gasteiger partial charge in [-0.05, 0) is 40.5 Å². The molecule has 1 atom stereocenters. The molecule has 2 aromatic rings. The van der Waals surface area contributed by atoms with Crippen molar-refractivity contribution in [1.29, 1.82) is 0 Å². The van der Waals surface area contributed by atoms with Crippen molar-refractivity contribution in [2.45, 2.75) is 45.4 Å². The molecule has 0 N–H and O–H groups in total. The molecule has 138 valence electrons. The van der Waals surface area contributed by atoms with E-state index in [9.17, 15) is 0 Å². The molecule has 0 saturated carbocycles. The van der Waals surface area contributed by atoms with Crippen molar-refractivity contribution < 1.29 is 0 Å². The fourth-order valence-corrected chi connectivity index (χ4v) is 4.75. The number of benzene rings is 2. The third-order valence-electron chi connectivity index (χ3n) is 6.03. The largest absolute Gasteiger partial charge is 0.147 e. The Labute approximate surface area is 170 Å². The fourth-order valence-electron chi connectivity index (χ4n) is 4.75. The lowest BCUT2D eigenvalue weighted by atomic mass is 9.64. The van der Waals surface area contributed by atoms with Crippen molar-refractivity contribution in [2.75, 3.05) is 0 Å². The minimum Gasteiger partial charge on any atom is -0.147 e. The van der Waals surface area contributed by atoms with Crippen LogP contribution in [0.5, 0.6) is 0 Å². The predicted octanol–water partition coefficient (Wildman–Crippen LogP) is 7.73. The Morgan fingerprint density at radius 2 is 1.50 bits per heavy atom. The molecule has 4 rings (SSSR count). The van der Waals surface area contributed by atoms with Crippen LogP contribution in [0, 0.1) is 5.41 Å². The molecule has 2 aliphatic rings. The van der Waals surface area contributed by atoms with Gasteiger partial charge in [0.2, 0.25) is 0 Å². The maximum Gasteiger partial charge on any atom is 0.0193 e. The third kappa shape index (κ3) is 3.26. The molecule has 0 heterocycles. The molecule has 0 amide bonds. The van der Waals surface area contributed by atoms with E-state index in [1.165, 1.54) is 41.5 Å². The molecular formula is C24H28Cl2. The maximum atomic E-state index is 2.50. The van der Waals surface area contributed by atoms with Crippen LogP contribution in [0.1, 0.15) is 56.6 Å². The van der Waals surface area contributed by atoms with E-state index in [0.29, 0.717) is 5.92 Å². The smallest absolute Gasteiger partial charge is 0.0193 e. The maximum absolute atomic E-state index is 2.50. The van der Waals surface area contributed by atoms with Crippen LogP contribution in [0.25, 0.3) is 11.1 Å². The van der Waals surface area contributed by atoms with Gasteiger partial charge in [0.15, 0.2) is 0 Å². The normalized spacial score (nSPS) is 16.8. The van der Waals surface area contributed by atoms with Crippen LogP contribution < -0.4 is 0 Å². The molecule has 2 aromatic carbocycles. The van der Waals surface area contributed by atoms with Crippen molar-refractivity contribution >= 4 is 24.8 Å². The van der Waals surface area contributed by atoms with Crippen LogP contribution in [0.3, 0.4) is 0 Å². The molecule has 0 fully saturated rings. The van der Waals surface area contributed by atoms with E-state index in [1.54, 1.807) is 5.57 Å². The molecule has 0 aliphatic heterocycles. The van der Waals surface area contributed by atoms with Crippen LogP contribution in [0.2, 0.25) is 0 Å². The van der Waals surface area contributed by atoms with E-state index in [0.717, 1.165) is 6.42 Å². The van der Waals surface area contributed by atoms with Crippen LogP contribution in [-0.4, -0.2) is 0 Å². The molecule has 0 nitrogen and oxygen atoms in total. The summed E-state index contributed by atoms with van der Waals surface area (Å²) in [5.41, 5.74) is 7.71. The molecule has 2 aliphatic carbocycles. The molecule has 1 unspecified atom stereocenters. The first-order chi connectivity index (χ1) is 11.8. The number of allylic oxidation sites excluding steroid dienone is 4. The standard InChI is InChI=1S/C24H26.2ClH/c1-3-4-17-24(2,18-11-5-6-12-18)23-21-15-9-7-13-19(21)20-14-8-10-16-22(20)23;;/h5-11,13-16,23H,3-4,12,17H2,1-2H3;2*1H. The highest BCUT2D eigenvalue weighted by atomic mass is 35.5. The van der Waals surface area contributed by atoms with Gasteiger partial charge in [0.1, 0.15) is 0 Å². The SMILES string of the molecule is CCCCC(C)(C1=CC=CC1)C1c2ccccc2-c2ccccc21.Cl.Cl. The number of rotatable bonds is 5. The minimum absolute atomic E-state index is 0. The van der Waals surface area contributed by atoms with E-state index in [2.05, 4.69) is 80.6 Å². The molecular weight excluding hydrogens is 359 g/mol. The monoisotopic (exact) mass is 386 g/mol. The lowest BCUT2D eigenvalue weighted by molar-refractivity contribution is 0.308. The highest BCUT2D eigenvalue weighted by Gasteiger charge is 2.43. The molecule has 0 aromatic heterocycles. The number of fused-ring (bicyclic) bond motifs is 3. The van der Waals surface area contributed by atoms with Gasteiger partial charge in [0.05, 0.1) is 0 Å². The predicted molar refractivity (Wildman–Crippen MR) is 118 cm³/mol. The zero-order valence-corrected chi connectivity index (χ0v) is 17.2. The summed E-state index contributed by atoms with van der Waals surface area (Å²) < 4.78 is 0. The highest BCUT2D eigenvalue weighted by Crippen LogP contribution is 2.58. The van der Waals surface area contributed by atoms with Gasteiger partial charge < -0.3 is 0 Å². The van der Waals surface area contributed by atoms with Gasteiger partial charge in [-0.1, -0.05) is 99.0 Å². The summed E-state index contributed by atoms with van der Waals surface area (Å²) in [5, 5.41) is 0. The second-order valence-electron chi connectivity index (χ2n) is 7.45. The summed E-state index contributed by atoms with van der Waals surface area (Å²) in [6.07, 6.45) is 11.8. The van der Waals surface area contributed by atoms with Gasteiger partial charge in [-0.2, -0.15) is 0 Å². The van der Waals surface area contributed by atoms with E-state index in [4.69, 9.17) is 0 Å². The van der Waals surface area contributed by atoms with Crippen LogP contribution in [0.15, 0.2) is 72.3 Å². The van der Waals surface area contributed by atoms with Gasteiger partial charge >= 0.3 is 0 Å². The first-order valence-corrected chi connectivity index (χ1v) is 9.30. The Hall–Kier alpha value is -1.50. The first kappa shape index (κ1) is 20.8. The Bertz CT molecular complexity index is 773. The van der Waals surface area contributed by atoms with Gasteiger partial charge in [-0.25, -0.2) is 0 Å². The molecule has 0 saturated heterocycles. The van der Waals surface area contributed by atoms with Gasteiger partial charge in [-0.15, -0.1) is 24.8 Å². The van der Waals surface area contributed by atoms with E-state index < -0.39 is 0 Å². The molecule has 0 radical (unpaired) electrons. The second kappa shape index (κ2) is 8.46. The van der Waals surface area contributed by atoms with Crippen LogP contribution in [-0.2, 0) is 0 Å². The highest BCUT2D eigenvalue weighted by molar-refractivity contribution is 5.85. The second-order valence-corrected chi connectivity index (χ2v) is 7.45. The Kier molecular flexibility index (Phi) is 6.77. The van der Waals surface area contributed by atoms with Gasteiger partial charge in [0.25, 0.3) is 0 Å². The lowest BCUT2D eigenvalue weighted by Gasteiger charge is -2.39. The van der Waals surface area contributed by atoms with Crippen molar-refractivity contribution in [3.05, 3.63) is 83.5 Å². The van der Waals surface area contributed by atoms with Crippen molar-refractivity contribution in [3.8, 4) is 11.1 Å². The van der Waals surface area contributed by atoms with Gasteiger partial charge in [-0.3, -0.25) is 0 Å². The zero-order valence-electron chi connectivity index (χ0n) is 15.6. The summed E-state index contributed by atoms with van der Waals surface area (Å²) >= 11 is 0. The number of halogens is 2. The third-order valence-corrected chi connectivity index (χ3v) is 6.03. The average Bonchev–Trinajstić information content (AvgIpc) is 3.26. The quantitative estimate of drug-likeness (QED) is 0.492. The fraction of sp³-hybridized carbons (Fsp3) is 0.333. The summed E-state index contributed by atoms with van der Waals surface area (Å²) in [6.45, 7) is 4.81. The topological polar surface area (TPSA) is 0 Å². The van der Waals surface area contributed by atoms with Gasteiger partial charge in [0, 0.05) is 5.92 Å². The number of unbranched alkanes of at least 4 members (excludes halogenated alkanes) is 1.